The summed E-state index contributed by atoms with van der Waals surface area (Å²) in [6, 6.07) is 3.29. The van der Waals surface area contributed by atoms with Gasteiger partial charge in [-0.05, 0) is 24.1 Å². The van der Waals surface area contributed by atoms with Gasteiger partial charge in [0, 0.05) is 32.2 Å². The zero-order valence-electron chi connectivity index (χ0n) is 21.3. The lowest BCUT2D eigenvalue weighted by atomic mass is 9.96. The number of carbonyl (C=O) groups excluding carboxylic acids is 2. The Morgan fingerprint density at radius 3 is 2.53 bits per heavy atom. The standard InChI is InChI=1S/C25H33NO12/c1-3-4-26-8-13-5-16-17(34-12-33-16)6-14(13)15(28)7-18(20(29)24(26)30)37-25-23-22(35-10-32-11-36-23)21(31-2)19(9-27)38-25/h5-6,18-23,25,27,29H,3-4,7-12H2,1-2H3/t18-,19-,20+,21-,22+,23-,25-/m1/s1. The number of fused-ring (bicyclic) bond motifs is 3. The van der Waals surface area contributed by atoms with Crippen LogP contribution in [-0.4, -0.2) is 110 Å². The smallest absolute Gasteiger partial charge is 0.254 e. The van der Waals surface area contributed by atoms with Gasteiger partial charge in [0.25, 0.3) is 5.91 Å². The maximum atomic E-state index is 13.5. The van der Waals surface area contributed by atoms with Gasteiger partial charge >= 0.3 is 0 Å². The number of carbonyl (C=O) groups is 2. The highest BCUT2D eigenvalue weighted by molar-refractivity contribution is 5.99. The summed E-state index contributed by atoms with van der Waals surface area (Å²) in [7, 11) is 1.45. The van der Waals surface area contributed by atoms with Gasteiger partial charge in [-0.1, -0.05) is 6.92 Å². The number of ether oxygens (including phenoxy) is 8. The van der Waals surface area contributed by atoms with Crippen LogP contribution in [-0.2, 0) is 39.8 Å². The van der Waals surface area contributed by atoms with Gasteiger partial charge in [0.1, 0.15) is 44.1 Å². The second-order valence-corrected chi connectivity index (χ2v) is 9.50. The van der Waals surface area contributed by atoms with Crippen molar-refractivity contribution in [3.05, 3.63) is 23.3 Å². The van der Waals surface area contributed by atoms with Crippen LogP contribution < -0.4 is 9.47 Å². The molecule has 2 saturated heterocycles. The topological polar surface area (TPSA) is 152 Å². The zero-order valence-corrected chi connectivity index (χ0v) is 21.3. The average molecular weight is 540 g/mol. The molecule has 210 valence electrons. The highest BCUT2D eigenvalue weighted by Crippen LogP contribution is 2.37. The first-order valence-corrected chi connectivity index (χ1v) is 12.6. The molecule has 13 nitrogen and oxygen atoms in total. The van der Waals surface area contributed by atoms with Gasteiger partial charge in [-0.15, -0.1) is 0 Å². The van der Waals surface area contributed by atoms with Crippen molar-refractivity contribution in [1.82, 2.24) is 4.90 Å². The van der Waals surface area contributed by atoms with Crippen molar-refractivity contribution in [1.29, 1.82) is 0 Å². The molecule has 4 aliphatic rings. The van der Waals surface area contributed by atoms with Crippen LogP contribution in [0.5, 0.6) is 11.5 Å². The molecule has 1 amide bonds. The lowest BCUT2D eigenvalue weighted by Crippen LogP contribution is -2.62. The van der Waals surface area contributed by atoms with Crippen LogP contribution >= 0.6 is 0 Å². The average Bonchev–Trinajstić information content (AvgIpc) is 3.25. The van der Waals surface area contributed by atoms with E-state index >= 15 is 0 Å². The van der Waals surface area contributed by atoms with Crippen LogP contribution in [0.3, 0.4) is 0 Å². The van der Waals surface area contributed by atoms with Crippen molar-refractivity contribution in [3.8, 4) is 11.5 Å². The van der Waals surface area contributed by atoms with Gasteiger partial charge in [-0.3, -0.25) is 9.59 Å². The van der Waals surface area contributed by atoms with Crippen molar-refractivity contribution < 1.29 is 57.7 Å². The molecular formula is C25H33NO12. The third kappa shape index (κ3) is 5.25. The summed E-state index contributed by atoms with van der Waals surface area (Å²) in [5, 5.41) is 21.1. The summed E-state index contributed by atoms with van der Waals surface area (Å²) in [5.41, 5.74) is 0.937. The number of aliphatic hydroxyl groups is 2. The Hall–Kier alpha value is -2.36. The molecule has 2 fully saturated rings. The number of methoxy groups -OCH3 is 1. The number of hydrogen-bond acceptors (Lipinski definition) is 12. The van der Waals surface area contributed by atoms with E-state index in [1.807, 2.05) is 6.92 Å². The molecule has 4 heterocycles. The zero-order chi connectivity index (χ0) is 26.8. The predicted octanol–water partition coefficient (Wildman–Crippen LogP) is -0.0658. The van der Waals surface area contributed by atoms with Crippen LogP contribution in [0.15, 0.2) is 12.1 Å². The summed E-state index contributed by atoms with van der Waals surface area (Å²) in [6.07, 6.45) is -7.04. The van der Waals surface area contributed by atoms with Crippen molar-refractivity contribution in [3.63, 3.8) is 0 Å². The maximum Gasteiger partial charge on any atom is 0.254 e. The summed E-state index contributed by atoms with van der Waals surface area (Å²) in [4.78, 5) is 28.5. The predicted molar refractivity (Wildman–Crippen MR) is 125 cm³/mol. The Balaban J connectivity index is 1.47. The van der Waals surface area contributed by atoms with E-state index in [1.54, 1.807) is 12.1 Å². The summed E-state index contributed by atoms with van der Waals surface area (Å²) >= 11 is 0. The van der Waals surface area contributed by atoms with Crippen LogP contribution in [0.2, 0.25) is 0 Å². The SMILES string of the molecule is CCCN1Cc2cc3c(cc2C(=O)C[C@@H](O[C@@H]2O[C@H](CO)[C@@H](OC)[C@@H]4OCOCO[C@@H]24)[C@H](O)C1=O)OCO3. The van der Waals surface area contributed by atoms with Crippen molar-refractivity contribution in [2.45, 2.75) is 69.2 Å². The second-order valence-electron chi connectivity index (χ2n) is 9.50. The Labute approximate surface area is 219 Å². The molecule has 38 heavy (non-hydrogen) atoms. The summed E-state index contributed by atoms with van der Waals surface area (Å²) in [6.45, 7) is 1.79. The highest BCUT2D eigenvalue weighted by Gasteiger charge is 2.51. The minimum absolute atomic E-state index is 0.0380. The molecular weight excluding hydrogens is 506 g/mol. The number of rotatable bonds is 6. The van der Waals surface area contributed by atoms with Crippen molar-refractivity contribution in [2.75, 3.05) is 40.6 Å². The van der Waals surface area contributed by atoms with Gasteiger partial charge in [-0.2, -0.15) is 0 Å². The molecule has 4 aliphatic heterocycles. The van der Waals surface area contributed by atoms with Crippen LogP contribution in [0.25, 0.3) is 0 Å². The molecule has 5 rings (SSSR count). The molecule has 0 aliphatic carbocycles. The van der Waals surface area contributed by atoms with E-state index < -0.39 is 55.4 Å². The number of Topliss-reactive ketones (excluding diaryl/α,β-unsaturated/α-hetero) is 1. The Morgan fingerprint density at radius 1 is 1.08 bits per heavy atom. The molecule has 0 bridgehead atoms. The fraction of sp³-hybridized carbons (Fsp3) is 0.680. The molecule has 0 radical (unpaired) electrons. The minimum Gasteiger partial charge on any atom is -0.454 e. The number of benzene rings is 1. The monoisotopic (exact) mass is 539 g/mol. The first kappa shape index (κ1) is 27.2. The van der Waals surface area contributed by atoms with E-state index in [0.717, 1.165) is 0 Å². The fourth-order valence-electron chi connectivity index (χ4n) is 5.24. The van der Waals surface area contributed by atoms with Crippen LogP contribution in [0.1, 0.15) is 35.7 Å². The number of nitrogens with zero attached hydrogens (tertiary/aromatic N) is 1. The molecule has 0 spiro atoms. The van der Waals surface area contributed by atoms with Crippen molar-refractivity contribution >= 4 is 11.7 Å². The van der Waals surface area contributed by atoms with Crippen LogP contribution in [0, 0.1) is 0 Å². The fourth-order valence-corrected chi connectivity index (χ4v) is 5.24. The minimum atomic E-state index is -1.67. The van der Waals surface area contributed by atoms with Gasteiger partial charge in [-0.25, -0.2) is 0 Å². The van der Waals surface area contributed by atoms with E-state index in [4.69, 9.17) is 37.9 Å². The number of ketones is 1. The first-order valence-electron chi connectivity index (χ1n) is 12.6. The normalized spacial score (nSPS) is 33.6. The molecule has 0 unspecified atom stereocenters. The highest BCUT2D eigenvalue weighted by atomic mass is 16.8. The van der Waals surface area contributed by atoms with Crippen molar-refractivity contribution in [2.24, 2.45) is 0 Å². The largest absolute Gasteiger partial charge is 0.454 e. The molecule has 1 aromatic carbocycles. The number of hydrogen-bond donors (Lipinski definition) is 2. The Kier molecular flexibility index (Phi) is 8.45. The molecule has 13 heteroatoms. The van der Waals surface area contributed by atoms with E-state index in [9.17, 15) is 19.8 Å². The van der Waals surface area contributed by atoms with E-state index in [1.165, 1.54) is 12.0 Å². The van der Waals surface area contributed by atoms with Crippen LogP contribution in [0.4, 0.5) is 0 Å². The van der Waals surface area contributed by atoms with Gasteiger partial charge in [0.15, 0.2) is 29.7 Å². The summed E-state index contributed by atoms with van der Waals surface area (Å²) in [5.74, 6) is -0.0141. The van der Waals surface area contributed by atoms with Gasteiger partial charge in [0.2, 0.25) is 6.79 Å². The molecule has 2 N–H and O–H groups in total. The molecule has 7 atom stereocenters. The second kappa shape index (κ2) is 11.8. The third-order valence-electron chi connectivity index (χ3n) is 7.10. The van der Waals surface area contributed by atoms with E-state index in [2.05, 4.69) is 0 Å². The maximum absolute atomic E-state index is 13.5. The molecule has 1 aromatic rings. The Morgan fingerprint density at radius 2 is 1.82 bits per heavy atom. The summed E-state index contributed by atoms with van der Waals surface area (Å²) < 4.78 is 45.3. The number of aliphatic hydroxyl groups excluding tert-OH is 2. The quantitative estimate of drug-likeness (QED) is 0.498. The van der Waals surface area contributed by atoms with E-state index in [0.29, 0.717) is 35.6 Å². The molecule has 0 saturated carbocycles. The third-order valence-corrected chi connectivity index (χ3v) is 7.10. The first-order chi connectivity index (χ1) is 18.4. The Bertz CT molecular complexity index is 1020. The molecule has 0 aromatic heterocycles. The number of amides is 1. The lowest BCUT2D eigenvalue weighted by Gasteiger charge is -2.44. The van der Waals surface area contributed by atoms with E-state index in [-0.39, 0.29) is 39.1 Å². The van der Waals surface area contributed by atoms with Gasteiger partial charge in [0.05, 0.1) is 6.61 Å². The van der Waals surface area contributed by atoms with Gasteiger partial charge < -0.3 is 53.0 Å². The lowest BCUT2D eigenvalue weighted by molar-refractivity contribution is -0.325.